The van der Waals surface area contributed by atoms with Crippen molar-refractivity contribution in [1.82, 2.24) is 5.43 Å². The predicted octanol–water partition coefficient (Wildman–Crippen LogP) is 2.13. The van der Waals surface area contributed by atoms with Crippen molar-refractivity contribution < 1.29 is 14.0 Å². The number of hydrazone groups is 1. The molecular formula is C13H10BrN3O3. The van der Waals surface area contributed by atoms with Crippen LogP contribution in [-0.2, 0) is 9.59 Å². The molecule has 1 aromatic carbocycles. The lowest BCUT2D eigenvalue weighted by Gasteiger charge is -2.05. The number of rotatable bonds is 3. The Kier molecular flexibility index (Phi) is 4.67. The SMILES string of the molecule is O=C(N/N=C\c1ccco1)C(=O)Nc1ccccc1Br. The number of carbonyl (C=O) groups excluding carboxylic acids is 2. The Labute approximate surface area is 123 Å². The minimum Gasteiger partial charge on any atom is -0.463 e. The fraction of sp³-hybridized carbons (Fsp3) is 0. The third kappa shape index (κ3) is 3.79. The summed E-state index contributed by atoms with van der Waals surface area (Å²) in [5.74, 6) is -1.21. The van der Waals surface area contributed by atoms with E-state index in [0.717, 1.165) is 0 Å². The summed E-state index contributed by atoms with van der Waals surface area (Å²) in [5, 5.41) is 6.07. The maximum Gasteiger partial charge on any atom is 0.329 e. The smallest absolute Gasteiger partial charge is 0.329 e. The second kappa shape index (κ2) is 6.67. The van der Waals surface area contributed by atoms with Crippen LogP contribution in [0.15, 0.2) is 56.7 Å². The van der Waals surface area contributed by atoms with Crippen molar-refractivity contribution in [2.45, 2.75) is 0 Å². The number of nitrogens with one attached hydrogen (secondary N) is 2. The molecule has 0 atom stereocenters. The summed E-state index contributed by atoms with van der Waals surface area (Å²) < 4.78 is 5.66. The standard InChI is InChI=1S/C13H10BrN3O3/c14-10-5-1-2-6-11(10)16-12(18)13(19)17-15-8-9-4-3-7-20-9/h1-8H,(H,16,18)(H,17,19)/b15-8-. The van der Waals surface area contributed by atoms with Gasteiger partial charge in [-0.15, -0.1) is 0 Å². The van der Waals surface area contributed by atoms with Crippen LogP contribution in [0, 0.1) is 0 Å². The molecule has 102 valence electrons. The molecule has 0 radical (unpaired) electrons. The van der Waals surface area contributed by atoms with Crippen molar-refractivity contribution in [3.05, 3.63) is 52.9 Å². The predicted molar refractivity (Wildman–Crippen MR) is 77.2 cm³/mol. The first-order valence-corrected chi connectivity index (χ1v) is 6.38. The van der Waals surface area contributed by atoms with Gasteiger partial charge in [-0.3, -0.25) is 9.59 Å². The van der Waals surface area contributed by atoms with E-state index in [0.29, 0.717) is 15.9 Å². The van der Waals surface area contributed by atoms with Crippen molar-refractivity contribution in [2.24, 2.45) is 5.10 Å². The molecule has 2 N–H and O–H groups in total. The molecule has 0 aliphatic heterocycles. The first-order chi connectivity index (χ1) is 9.66. The highest BCUT2D eigenvalue weighted by Gasteiger charge is 2.13. The topological polar surface area (TPSA) is 83.7 Å². The zero-order chi connectivity index (χ0) is 14.4. The van der Waals surface area contributed by atoms with Crippen molar-refractivity contribution in [3.8, 4) is 0 Å². The molecule has 1 aromatic heterocycles. The number of nitrogens with zero attached hydrogens (tertiary/aromatic N) is 1. The minimum atomic E-state index is -0.872. The molecule has 1 heterocycles. The van der Waals surface area contributed by atoms with Gasteiger partial charge in [-0.1, -0.05) is 12.1 Å². The summed E-state index contributed by atoms with van der Waals surface area (Å²) >= 11 is 3.26. The number of benzene rings is 1. The summed E-state index contributed by atoms with van der Waals surface area (Å²) in [6, 6.07) is 10.3. The zero-order valence-corrected chi connectivity index (χ0v) is 11.8. The highest BCUT2D eigenvalue weighted by atomic mass is 79.9. The largest absolute Gasteiger partial charge is 0.463 e. The van der Waals surface area contributed by atoms with Gasteiger partial charge in [0.15, 0.2) is 0 Å². The number of amides is 2. The van der Waals surface area contributed by atoms with Crippen LogP contribution in [-0.4, -0.2) is 18.0 Å². The van der Waals surface area contributed by atoms with Gasteiger partial charge in [0.05, 0.1) is 18.2 Å². The van der Waals surface area contributed by atoms with Crippen LogP contribution in [0.2, 0.25) is 0 Å². The van der Waals surface area contributed by atoms with Gasteiger partial charge in [-0.05, 0) is 40.2 Å². The molecule has 20 heavy (non-hydrogen) atoms. The van der Waals surface area contributed by atoms with Gasteiger partial charge in [0.2, 0.25) is 0 Å². The van der Waals surface area contributed by atoms with Gasteiger partial charge < -0.3 is 9.73 Å². The van der Waals surface area contributed by atoms with Crippen LogP contribution in [0.4, 0.5) is 5.69 Å². The highest BCUT2D eigenvalue weighted by molar-refractivity contribution is 9.10. The van der Waals surface area contributed by atoms with Crippen LogP contribution in [0.5, 0.6) is 0 Å². The van der Waals surface area contributed by atoms with E-state index in [-0.39, 0.29) is 0 Å². The lowest BCUT2D eigenvalue weighted by atomic mass is 10.3. The van der Waals surface area contributed by atoms with E-state index in [1.807, 2.05) is 0 Å². The molecule has 0 bridgehead atoms. The second-order valence-electron chi connectivity index (χ2n) is 3.65. The molecule has 0 aliphatic carbocycles. The number of anilines is 1. The number of furan rings is 1. The Balaban J connectivity index is 1.89. The van der Waals surface area contributed by atoms with E-state index in [2.05, 4.69) is 31.8 Å². The number of para-hydroxylation sites is 1. The highest BCUT2D eigenvalue weighted by Crippen LogP contribution is 2.20. The second-order valence-corrected chi connectivity index (χ2v) is 4.50. The third-order valence-electron chi connectivity index (χ3n) is 2.23. The summed E-state index contributed by atoms with van der Waals surface area (Å²) in [6.07, 6.45) is 2.77. The van der Waals surface area contributed by atoms with Crippen LogP contribution >= 0.6 is 15.9 Å². The summed E-state index contributed by atoms with van der Waals surface area (Å²) in [5.41, 5.74) is 2.61. The van der Waals surface area contributed by atoms with Gasteiger partial charge >= 0.3 is 11.8 Å². The van der Waals surface area contributed by atoms with Gasteiger partial charge in [-0.25, -0.2) is 5.43 Å². The van der Waals surface area contributed by atoms with Gasteiger partial charge in [-0.2, -0.15) is 5.10 Å². The number of halogens is 1. The average Bonchev–Trinajstić information content (AvgIpc) is 2.94. The lowest BCUT2D eigenvalue weighted by Crippen LogP contribution is -2.32. The molecule has 0 spiro atoms. The number of hydrogen-bond acceptors (Lipinski definition) is 4. The van der Waals surface area contributed by atoms with Crippen molar-refractivity contribution in [1.29, 1.82) is 0 Å². The Morgan fingerprint density at radius 3 is 2.65 bits per heavy atom. The van der Waals surface area contributed by atoms with E-state index in [4.69, 9.17) is 4.42 Å². The van der Waals surface area contributed by atoms with Crippen LogP contribution in [0.1, 0.15) is 5.76 Å². The first-order valence-electron chi connectivity index (χ1n) is 5.59. The normalized spacial score (nSPS) is 10.4. The molecule has 0 saturated carbocycles. The van der Waals surface area contributed by atoms with Crippen LogP contribution < -0.4 is 10.7 Å². The van der Waals surface area contributed by atoms with Crippen LogP contribution in [0.25, 0.3) is 0 Å². The van der Waals surface area contributed by atoms with Gasteiger partial charge in [0, 0.05) is 4.47 Å². The molecule has 2 amide bonds. The van der Waals surface area contributed by atoms with Crippen molar-refractivity contribution in [3.63, 3.8) is 0 Å². The Morgan fingerprint density at radius 2 is 1.95 bits per heavy atom. The lowest BCUT2D eigenvalue weighted by molar-refractivity contribution is -0.136. The molecule has 7 heteroatoms. The average molecular weight is 336 g/mol. The third-order valence-corrected chi connectivity index (χ3v) is 2.92. The molecule has 0 unspecified atom stereocenters. The molecule has 0 saturated heterocycles. The van der Waals surface area contributed by atoms with E-state index >= 15 is 0 Å². The van der Waals surface area contributed by atoms with E-state index in [1.54, 1.807) is 36.4 Å². The van der Waals surface area contributed by atoms with E-state index < -0.39 is 11.8 Å². The minimum absolute atomic E-state index is 0.469. The maximum absolute atomic E-state index is 11.6. The fourth-order valence-corrected chi connectivity index (χ4v) is 1.70. The molecule has 0 fully saturated rings. The van der Waals surface area contributed by atoms with Crippen molar-refractivity contribution >= 4 is 39.6 Å². The Hall–Kier alpha value is -2.41. The molecular weight excluding hydrogens is 326 g/mol. The monoisotopic (exact) mass is 335 g/mol. The fourth-order valence-electron chi connectivity index (χ4n) is 1.31. The number of carbonyl (C=O) groups is 2. The van der Waals surface area contributed by atoms with Gasteiger partial charge in [0.25, 0.3) is 0 Å². The molecule has 6 nitrogen and oxygen atoms in total. The molecule has 2 rings (SSSR count). The van der Waals surface area contributed by atoms with Gasteiger partial charge in [0.1, 0.15) is 5.76 Å². The quantitative estimate of drug-likeness (QED) is 0.512. The summed E-state index contributed by atoms with van der Waals surface area (Å²) in [4.78, 5) is 23.1. The Bertz CT molecular complexity index is 638. The zero-order valence-electron chi connectivity index (χ0n) is 10.2. The summed E-state index contributed by atoms with van der Waals surface area (Å²) in [6.45, 7) is 0. The number of hydrogen-bond donors (Lipinski definition) is 2. The van der Waals surface area contributed by atoms with Crippen LogP contribution in [0.3, 0.4) is 0 Å². The first kappa shape index (κ1) is 14.0. The van der Waals surface area contributed by atoms with Crippen molar-refractivity contribution in [2.75, 3.05) is 5.32 Å². The van der Waals surface area contributed by atoms with E-state index in [1.165, 1.54) is 12.5 Å². The molecule has 0 aliphatic rings. The summed E-state index contributed by atoms with van der Waals surface area (Å²) in [7, 11) is 0. The molecule has 2 aromatic rings. The van der Waals surface area contributed by atoms with E-state index in [9.17, 15) is 9.59 Å². The maximum atomic E-state index is 11.6. The Morgan fingerprint density at radius 1 is 1.15 bits per heavy atom.